The molecule has 0 aliphatic carbocycles. The summed E-state index contributed by atoms with van der Waals surface area (Å²) < 4.78 is 26.2. The summed E-state index contributed by atoms with van der Waals surface area (Å²) in [5, 5.41) is 10.3. The minimum atomic E-state index is -0.631. The molecule has 0 spiro atoms. The van der Waals surface area contributed by atoms with E-state index in [9.17, 15) is 13.9 Å². The van der Waals surface area contributed by atoms with Crippen LogP contribution in [-0.2, 0) is 6.42 Å². The topological polar surface area (TPSA) is 26.7 Å². The first-order chi connectivity index (χ1) is 8.95. The maximum absolute atomic E-state index is 13.1. The number of aliphatic hydroxyl groups is 1. The smallest absolute Gasteiger partial charge is 0.126 e. The van der Waals surface area contributed by atoms with Crippen molar-refractivity contribution in [2.75, 3.05) is 33.7 Å². The zero-order valence-electron chi connectivity index (χ0n) is 11.3. The third kappa shape index (κ3) is 3.72. The van der Waals surface area contributed by atoms with Gasteiger partial charge in [-0.3, -0.25) is 4.90 Å². The van der Waals surface area contributed by atoms with Gasteiger partial charge in [0.15, 0.2) is 0 Å². The molecule has 2 unspecified atom stereocenters. The van der Waals surface area contributed by atoms with Crippen LogP contribution < -0.4 is 0 Å². The fourth-order valence-electron chi connectivity index (χ4n) is 2.57. The van der Waals surface area contributed by atoms with Crippen molar-refractivity contribution in [2.24, 2.45) is 0 Å². The van der Waals surface area contributed by atoms with Gasteiger partial charge in [-0.2, -0.15) is 0 Å². The normalized spacial score (nSPS) is 23.5. The van der Waals surface area contributed by atoms with Crippen LogP contribution in [0.15, 0.2) is 18.2 Å². The van der Waals surface area contributed by atoms with Crippen molar-refractivity contribution in [3.8, 4) is 0 Å². The number of likely N-dealkylation sites (N-methyl/N-ethyl adjacent to an activating group) is 2. The average Bonchev–Trinajstić information content (AvgIpc) is 2.30. The van der Waals surface area contributed by atoms with Crippen molar-refractivity contribution in [3.05, 3.63) is 35.4 Å². The van der Waals surface area contributed by atoms with Crippen LogP contribution in [0, 0.1) is 11.6 Å². The second-order valence-electron chi connectivity index (χ2n) is 5.36. The molecule has 1 aromatic rings. The van der Waals surface area contributed by atoms with Gasteiger partial charge >= 0.3 is 0 Å². The third-order valence-corrected chi connectivity index (χ3v) is 3.71. The van der Waals surface area contributed by atoms with Gasteiger partial charge in [0.05, 0.1) is 6.10 Å². The Morgan fingerprint density at radius 1 is 1.21 bits per heavy atom. The standard InChI is InChI=1S/C14H20F2N2O/c1-17-3-4-18(2)13(9-17)14(19)7-10-5-11(15)8-12(16)6-10/h5-6,8,13-14,19H,3-4,7,9H2,1-2H3. The van der Waals surface area contributed by atoms with Crippen LogP contribution in [0.4, 0.5) is 8.78 Å². The molecule has 1 aliphatic heterocycles. The highest BCUT2D eigenvalue weighted by Crippen LogP contribution is 2.16. The van der Waals surface area contributed by atoms with Crippen molar-refractivity contribution < 1.29 is 13.9 Å². The first-order valence-corrected chi connectivity index (χ1v) is 6.47. The van der Waals surface area contributed by atoms with Crippen LogP contribution in [0.5, 0.6) is 0 Å². The molecule has 106 valence electrons. The van der Waals surface area contributed by atoms with Crippen molar-refractivity contribution in [3.63, 3.8) is 0 Å². The minimum Gasteiger partial charge on any atom is -0.391 e. The Labute approximate surface area is 112 Å². The molecule has 19 heavy (non-hydrogen) atoms. The minimum absolute atomic E-state index is 0.00919. The molecule has 1 heterocycles. The van der Waals surface area contributed by atoms with Gasteiger partial charge in [-0.25, -0.2) is 8.78 Å². The lowest BCUT2D eigenvalue weighted by molar-refractivity contribution is 0.0152. The first kappa shape index (κ1) is 14.4. The molecule has 1 saturated heterocycles. The Morgan fingerprint density at radius 3 is 2.47 bits per heavy atom. The number of hydrogen-bond acceptors (Lipinski definition) is 3. The van der Waals surface area contributed by atoms with E-state index in [2.05, 4.69) is 9.80 Å². The monoisotopic (exact) mass is 270 g/mol. The van der Waals surface area contributed by atoms with Crippen molar-refractivity contribution >= 4 is 0 Å². The van der Waals surface area contributed by atoms with Gasteiger partial charge in [0.25, 0.3) is 0 Å². The molecule has 0 saturated carbocycles. The maximum atomic E-state index is 13.1. The van der Waals surface area contributed by atoms with Gasteiger partial charge in [0.2, 0.25) is 0 Å². The van der Waals surface area contributed by atoms with Crippen LogP contribution in [0.1, 0.15) is 5.56 Å². The van der Waals surface area contributed by atoms with E-state index in [0.29, 0.717) is 5.56 Å². The van der Waals surface area contributed by atoms with E-state index >= 15 is 0 Å². The van der Waals surface area contributed by atoms with E-state index in [1.165, 1.54) is 12.1 Å². The van der Waals surface area contributed by atoms with Crippen LogP contribution in [-0.4, -0.2) is 60.8 Å². The Hall–Kier alpha value is -1.04. The van der Waals surface area contributed by atoms with Gasteiger partial charge < -0.3 is 10.0 Å². The van der Waals surface area contributed by atoms with E-state index in [0.717, 1.165) is 25.7 Å². The molecule has 5 heteroatoms. The number of rotatable bonds is 3. The number of hydrogen-bond donors (Lipinski definition) is 1. The fraction of sp³-hybridized carbons (Fsp3) is 0.571. The number of halogens is 2. The second-order valence-corrected chi connectivity index (χ2v) is 5.36. The van der Waals surface area contributed by atoms with Crippen LogP contribution in [0.3, 0.4) is 0 Å². The molecule has 1 aromatic carbocycles. The average molecular weight is 270 g/mol. The molecular formula is C14H20F2N2O. The summed E-state index contributed by atoms with van der Waals surface area (Å²) in [6, 6.07) is 3.39. The van der Waals surface area contributed by atoms with Crippen molar-refractivity contribution in [1.82, 2.24) is 9.80 Å². The van der Waals surface area contributed by atoms with Gasteiger partial charge in [-0.15, -0.1) is 0 Å². The summed E-state index contributed by atoms with van der Waals surface area (Å²) in [5.41, 5.74) is 0.492. The molecule has 1 N–H and O–H groups in total. The number of nitrogens with zero attached hydrogens (tertiary/aromatic N) is 2. The SMILES string of the molecule is CN1CCN(C)C(C(O)Cc2cc(F)cc(F)c2)C1. The molecule has 0 aromatic heterocycles. The van der Waals surface area contributed by atoms with E-state index in [1.54, 1.807) is 0 Å². The molecule has 1 fully saturated rings. The first-order valence-electron chi connectivity index (χ1n) is 6.47. The highest BCUT2D eigenvalue weighted by Gasteiger charge is 2.28. The molecule has 2 rings (SSSR count). The number of aliphatic hydroxyl groups excluding tert-OH is 1. The van der Waals surface area contributed by atoms with Crippen LogP contribution in [0.25, 0.3) is 0 Å². The molecule has 0 bridgehead atoms. The highest BCUT2D eigenvalue weighted by molar-refractivity contribution is 5.19. The van der Waals surface area contributed by atoms with E-state index < -0.39 is 17.7 Å². The number of piperazine rings is 1. The molecule has 0 radical (unpaired) electrons. The predicted molar refractivity (Wildman–Crippen MR) is 70.0 cm³/mol. The van der Waals surface area contributed by atoms with E-state index in [4.69, 9.17) is 0 Å². The second kappa shape index (κ2) is 5.94. The predicted octanol–water partition coefficient (Wildman–Crippen LogP) is 1.11. The van der Waals surface area contributed by atoms with Gasteiger partial charge in [-0.1, -0.05) is 0 Å². The molecule has 3 nitrogen and oxygen atoms in total. The third-order valence-electron chi connectivity index (χ3n) is 3.71. The van der Waals surface area contributed by atoms with Gasteiger partial charge in [-0.05, 0) is 31.8 Å². The lowest BCUT2D eigenvalue weighted by Gasteiger charge is -2.40. The lowest BCUT2D eigenvalue weighted by Crippen LogP contribution is -2.55. The molecular weight excluding hydrogens is 250 g/mol. The van der Waals surface area contributed by atoms with Crippen LogP contribution >= 0.6 is 0 Å². The summed E-state index contributed by atoms with van der Waals surface area (Å²) in [7, 11) is 3.97. The molecule has 0 amide bonds. The van der Waals surface area contributed by atoms with Gasteiger partial charge in [0, 0.05) is 38.2 Å². The van der Waals surface area contributed by atoms with E-state index in [-0.39, 0.29) is 12.5 Å². The zero-order valence-corrected chi connectivity index (χ0v) is 11.3. The van der Waals surface area contributed by atoms with Gasteiger partial charge in [0.1, 0.15) is 11.6 Å². The Bertz CT molecular complexity index is 421. The lowest BCUT2D eigenvalue weighted by atomic mass is 9.99. The highest BCUT2D eigenvalue weighted by atomic mass is 19.1. The zero-order chi connectivity index (χ0) is 14.0. The van der Waals surface area contributed by atoms with Crippen LogP contribution in [0.2, 0.25) is 0 Å². The van der Waals surface area contributed by atoms with E-state index in [1.807, 2.05) is 14.1 Å². The maximum Gasteiger partial charge on any atom is 0.126 e. The Balaban J connectivity index is 2.05. The summed E-state index contributed by atoms with van der Waals surface area (Å²) in [6.45, 7) is 2.61. The quantitative estimate of drug-likeness (QED) is 0.891. The Morgan fingerprint density at radius 2 is 1.84 bits per heavy atom. The Kier molecular flexibility index (Phi) is 4.50. The summed E-state index contributed by atoms with van der Waals surface area (Å²) in [4.78, 5) is 4.25. The molecule has 1 aliphatic rings. The van der Waals surface area contributed by atoms with Crippen molar-refractivity contribution in [1.29, 1.82) is 0 Å². The number of benzene rings is 1. The largest absolute Gasteiger partial charge is 0.391 e. The summed E-state index contributed by atoms with van der Waals surface area (Å²) in [6.07, 6.45) is -0.369. The van der Waals surface area contributed by atoms with Crippen molar-refractivity contribution in [2.45, 2.75) is 18.6 Å². The fourth-order valence-corrected chi connectivity index (χ4v) is 2.57. The summed E-state index contributed by atoms with van der Waals surface area (Å²) >= 11 is 0. The summed E-state index contributed by atoms with van der Waals surface area (Å²) in [5.74, 6) is -1.20. The molecule has 2 atom stereocenters.